The molecular weight excluding hydrogens is 265 g/mol. The first-order chi connectivity index (χ1) is 8.06. The van der Waals surface area contributed by atoms with Crippen LogP contribution in [0.1, 0.15) is 16.2 Å². The number of aryl methyl sites for hydroxylation is 1. The SMILES string of the molecule is Cc1nonc1C(=O)Nc1cc(Cl)cc(Cl)c1. The molecule has 0 atom stereocenters. The number of nitrogens with one attached hydrogen (secondary N) is 1. The van der Waals surface area contributed by atoms with Gasteiger partial charge in [0.2, 0.25) is 0 Å². The van der Waals surface area contributed by atoms with E-state index in [9.17, 15) is 4.79 Å². The first kappa shape index (κ1) is 11.9. The van der Waals surface area contributed by atoms with Gasteiger partial charge in [-0.1, -0.05) is 28.4 Å². The number of rotatable bonds is 2. The Morgan fingerprint density at radius 2 is 1.88 bits per heavy atom. The summed E-state index contributed by atoms with van der Waals surface area (Å²) < 4.78 is 4.44. The first-order valence-electron chi connectivity index (χ1n) is 4.63. The number of hydrogen-bond donors (Lipinski definition) is 1. The fourth-order valence-electron chi connectivity index (χ4n) is 1.25. The highest BCUT2D eigenvalue weighted by molar-refractivity contribution is 6.35. The predicted molar refractivity (Wildman–Crippen MR) is 63.5 cm³/mol. The van der Waals surface area contributed by atoms with E-state index in [0.717, 1.165) is 0 Å². The summed E-state index contributed by atoms with van der Waals surface area (Å²) in [5, 5.41) is 10.5. The molecule has 0 aliphatic carbocycles. The van der Waals surface area contributed by atoms with Crippen LogP contribution in [0.25, 0.3) is 0 Å². The van der Waals surface area contributed by atoms with E-state index in [1.54, 1.807) is 25.1 Å². The molecular formula is C10H7Cl2N3O2. The van der Waals surface area contributed by atoms with Crippen molar-refractivity contribution in [2.75, 3.05) is 5.32 Å². The van der Waals surface area contributed by atoms with E-state index in [1.807, 2.05) is 0 Å². The number of carbonyl (C=O) groups excluding carboxylic acids is 1. The van der Waals surface area contributed by atoms with Crippen molar-refractivity contribution >= 4 is 34.8 Å². The van der Waals surface area contributed by atoms with E-state index in [2.05, 4.69) is 20.3 Å². The van der Waals surface area contributed by atoms with Gasteiger partial charge < -0.3 is 5.32 Å². The predicted octanol–water partition coefficient (Wildman–Crippen LogP) is 2.94. The molecule has 0 spiro atoms. The van der Waals surface area contributed by atoms with Gasteiger partial charge in [-0.05, 0) is 30.3 Å². The lowest BCUT2D eigenvalue weighted by Gasteiger charge is -2.04. The van der Waals surface area contributed by atoms with Crippen LogP contribution >= 0.6 is 23.2 Å². The smallest absolute Gasteiger partial charge is 0.279 e. The van der Waals surface area contributed by atoms with Crippen LogP contribution in [0.3, 0.4) is 0 Å². The lowest BCUT2D eigenvalue weighted by atomic mass is 10.3. The zero-order valence-electron chi connectivity index (χ0n) is 8.70. The molecule has 1 amide bonds. The number of aromatic nitrogens is 2. The molecule has 0 aliphatic heterocycles. The van der Waals surface area contributed by atoms with E-state index < -0.39 is 5.91 Å². The zero-order valence-corrected chi connectivity index (χ0v) is 10.2. The van der Waals surface area contributed by atoms with Gasteiger partial charge in [0, 0.05) is 15.7 Å². The van der Waals surface area contributed by atoms with Crippen LogP contribution in [0.4, 0.5) is 5.69 Å². The molecule has 1 aromatic carbocycles. The second kappa shape index (κ2) is 4.73. The Bertz CT molecular complexity index is 548. The summed E-state index contributed by atoms with van der Waals surface area (Å²) >= 11 is 11.6. The lowest BCUT2D eigenvalue weighted by molar-refractivity contribution is 0.101. The summed E-state index contributed by atoms with van der Waals surface area (Å²) in [4.78, 5) is 11.8. The molecule has 0 saturated heterocycles. The van der Waals surface area contributed by atoms with Gasteiger partial charge >= 0.3 is 0 Å². The molecule has 1 aromatic heterocycles. The number of halogens is 2. The van der Waals surface area contributed by atoms with Gasteiger partial charge in [-0.3, -0.25) is 4.79 Å². The van der Waals surface area contributed by atoms with Crippen molar-refractivity contribution in [1.82, 2.24) is 10.3 Å². The highest BCUT2D eigenvalue weighted by Crippen LogP contribution is 2.22. The number of nitrogens with zero attached hydrogens (tertiary/aromatic N) is 2. The standard InChI is InChI=1S/C10H7Cl2N3O2/c1-5-9(15-17-14-5)10(16)13-8-3-6(11)2-7(12)4-8/h2-4H,1H3,(H,13,16). The summed E-state index contributed by atoms with van der Waals surface area (Å²) in [5.41, 5.74) is 1.02. The highest BCUT2D eigenvalue weighted by atomic mass is 35.5. The van der Waals surface area contributed by atoms with Crippen LogP contribution in [-0.4, -0.2) is 16.2 Å². The van der Waals surface area contributed by atoms with Gasteiger partial charge in [0.1, 0.15) is 5.69 Å². The Hall–Kier alpha value is -1.59. The highest BCUT2D eigenvalue weighted by Gasteiger charge is 2.15. The summed E-state index contributed by atoms with van der Waals surface area (Å²) in [5.74, 6) is -0.429. The number of benzene rings is 1. The summed E-state index contributed by atoms with van der Waals surface area (Å²) in [6, 6.07) is 4.73. The minimum Gasteiger partial charge on any atom is -0.320 e. The Morgan fingerprint density at radius 3 is 2.41 bits per heavy atom. The van der Waals surface area contributed by atoms with Gasteiger partial charge in [0.15, 0.2) is 5.69 Å². The maximum Gasteiger partial charge on any atom is 0.279 e. The van der Waals surface area contributed by atoms with E-state index in [0.29, 0.717) is 21.4 Å². The number of hydrogen-bond acceptors (Lipinski definition) is 4. The van der Waals surface area contributed by atoms with Crippen molar-refractivity contribution in [2.45, 2.75) is 6.92 Å². The first-order valence-corrected chi connectivity index (χ1v) is 5.38. The average molecular weight is 272 g/mol. The summed E-state index contributed by atoms with van der Waals surface area (Å²) in [7, 11) is 0. The average Bonchev–Trinajstić information content (AvgIpc) is 2.62. The summed E-state index contributed by atoms with van der Waals surface area (Å²) in [6.45, 7) is 1.62. The molecule has 0 radical (unpaired) electrons. The van der Waals surface area contributed by atoms with Crippen LogP contribution in [0.2, 0.25) is 10.0 Å². The largest absolute Gasteiger partial charge is 0.320 e. The van der Waals surface area contributed by atoms with Crippen molar-refractivity contribution < 1.29 is 9.42 Å². The Morgan fingerprint density at radius 1 is 1.24 bits per heavy atom. The number of anilines is 1. The monoisotopic (exact) mass is 271 g/mol. The quantitative estimate of drug-likeness (QED) is 0.912. The van der Waals surface area contributed by atoms with Gasteiger partial charge in [0.05, 0.1) is 0 Å². The fourth-order valence-corrected chi connectivity index (χ4v) is 1.78. The van der Waals surface area contributed by atoms with Crippen LogP contribution in [-0.2, 0) is 0 Å². The van der Waals surface area contributed by atoms with Gasteiger partial charge in [-0.2, -0.15) is 0 Å². The molecule has 0 fully saturated rings. The third-order valence-electron chi connectivity index (χ3n) is 1.99. The third-order valence-corrected chi connectivity index (χ3v) is 2.42. The van der Waals surface area contributed by atoms with E-state index in [-0.39, 0.29) is 5.69 Å². The van der Waals surface area contributed by atoms with Crippen LogP contribution in [0.5, 0.6) is 0 Å². The Labute approximate surface area is 107 Å². The molecule has 0 saturated carbocycles. The van der Waals surface area contributed by atoms with Crippen molar-refractivity contribution in [3.8, 4) is 0 Å². The molecule has 0 bridgehead atoms. The van der Waals surface area contributed by atoms with E-state index in [4.69, 9.17) is 23.2 Å². The molecule has 1 heterocycles. The normalized spacial score (nSPS) is 10.3. The second-order valence-corrected chi connectivity index (χ2v) is 4.18. The molecule has 2 aromatic rings. The van der Waals surface area contributed by atoms with Crippen molar-refractivity contribution in [3.63, 3.8) is 0 Å². The second-order valence-electron chi connectivity index (χ2n) is 3.31. The van der Waals surface area contributed by atoms with Gasteiger partial charge in [-0.15, -0.1) is 0 Å². The van der Waals surface area contributed by atoms with Gasteiger partial charge in [-0.25, -0.2) is 4.63 Å². The van der Waals surface area contributed by atoms with Crippen molar-refractivity contribution in [2.24, 2.45) is 0 Å². The number of carbonyl (C=O) groups is 1. The molecule has 2 rings (SSSR count). The van der Waals surface area contributed by atoms with Crippen LogP contribution in [0, 0.1) is 6.92 Å². The molecule has 1 N–H and O–H groups in total. The van der Waals surface area contributed by atoms with Crippen LogP contribution in [0.15, 0.2) is 22.8 Å². The van der Waals surface area contributed by atoms with E-state index in [1.165, 1.54) is 0 Å². The molecule has 7 heteroatoms. The minimum absolute atomic E-state index is 0.126. The maximum absolute atomic E-state index is 11.8. The lowest BCUT2D eigenvalue weighted by Crippen LogP contribution is -2.13. The topological polar surface area (TPSA) is 68.0 Å². The van der Waals surface area contributed by atoms with Crippen LogP contribution < -0.4 is 5.32 Å². The van der Waals surface area contributed by atoms with Crippen molar-refractivity contribution in [3.05, 3.63) is 39.6 Å². The van der Waals surface area contributed by atoms with Crippen molar-refractivity contribution in [1.29, 1.82) is 0 Å². The fraction of sp³-hybridized carbons (Fsp3) is 0.100. The maximum atomic E-state index is 11.8. The molecule has 17 heavy (non-hydrogen) atoms. The van der Waals surface area contributed by atoms with Gasteiger partial charge in [0.25, 0.3) is 5.91 Å². The van der Waals surface area contributed by atoms with E-state index >= 15 is 0 Å². The molecule has 0 unspecified atom stereocenters. The molecule has 5 nitrogen and oxygen atoms in total. The third kappa shape index (κ3) is 2.75. The molecule has 88 valence electrons. The number of amides is 1. The molecule has 0 aliphatic rings. The minimum atomic E-state index is -0.429. The zero-order chi connectivity index (χ0) is 12.4. The summed E-state index contributed by atoms with van der Waals surface area (Å²) in [6.07, 6.45) is 0. The Balaban J connectivity index is 2.21. The Kier molecular flexibility index (Phi) is 3.31.